The average Bonchev–Trinajstić information content (AvgIpc) is 3.48. The summed E-state index contributed by atoms with van der Waals surface area (Å²) in [6, 6.07) is 15.2. The van der Waals surface area contributed by atoms with Gasteiger partial charge in [0, 0.05) is 36.7 Å². The van der Waals surface area contributed by atoms with Crippen molar-refractivity contribution in [2.75, 3.05) is 25.0 Å². The Bertz CT molecular complexity index is 1480. The first-order chi connectivity index (χ1) is 17.9. The van der Waals surface area contributed by atoms with Gasteiger partial charge in [0.25, 0.3) is 5.91 Å². The van der Waals surface area contributed by atoms with Crippen molar-refractivity contribution in [3.05, 3.63) is 70.4 Å². The van der Waals surface area contributed by atoms with Crippen molar-refractivity contribution in [2.45, 2.75) is 26.7 Å². The van der Waals surface area contributed by atoms with Crippen molar-refractivity contribution in [1.82, 2.24) is 19.7 Å². The standard InChI is InChI=1S/C27H26ClN5O3S/c1-3-32(13-14-34)26(36)18-9-12-22(20(28)15-18)33-24-19(23(31-33)17-7-5-4-6-8-17)10-11-21-25(24)37-27(30-21)29-16(2)35/h4-9,12,15,34H,3,10-11,13-14H2,1-2H3,(H,29,30,35). The Kier molecular flexibility index (Phi) is 7.10. The number of fused-ring (bicyclic) bond motifs is 3. The maximum absolute atomic E-state index is 12.9. The van der Waals surface area contributed by atoms with Gasteiger partial charge in [-0.05, 0) is 38.0 Å². The van der Waals surface area contributed by atoms with Crippen molar-refractivity contribution >= 4 is 39.9 Å². The molecule has 0 atom stereocenters. The smallest absolute Gasteiger partial charge is 0.253 e. The molecule has 0 aliphatic heterocycles. The Balaban J connectivity index is 1.65. The highest BCUT2D eigenvalue weighted by Gasteiger charge is 2.30. The van der Waals surface area contributed by atoms with E-state index in [4.69, 9.17) is 16.7 Å². The highest BCUT2D eigenvalue weighted by Crippen LogP contribution is 2.44. The molecule has 0 saturated carbocycles. The van der Waals surface area contributed by atoms with Crippen LogP contribution in [0.4, 0.5) is 5.13 Å². The number of aliphatic hydroxyl groups is 1. The molecule has 0 fully saturated rings. The number of amides is 2. The Morgan fingerprint density at radius 2 is 1.97 bits per heavy atom. The highest BCUT2D eigenvalue weighted by molar-refractivity contribution is 7.19. The zero-order valence-corrected chi connectivity index (χ0v) is 22.1. The van der Waals surface area contributed by atoms with Crippen molar-refractivity contribution in [2.24, 2.45) is 0 Å². The monoisotopic (exact) mass is 535 g/mol. The van der Waals surface area contributed by atoms with Crippen LogP contribution in [0.1, 0.15) is 35.5 Å². The number of aromatic nitrogens is 3. The molecule has 37 heavy (non-hydrogen) atoms. The SMILES string of the molecule is CCN(CCO)C(=O)c1ccc(-n2nc(-c3ccccc3)c3c2-c2sc(NC(C)=O)nc2CC3)c(Cl)c1. The molecular weight excluding hydrogens is 510 g/mol. The minimum absolute atomic E-state index is 0.106. The van der Waals surface area contributed by atoms with Gasteiger partial charge in [0.05, 0.1) is 39.3 Å². The number of rotatable bonds is 7. The molecule has 4 aromatic rings. The second kappa shape index (κ2) is 10.5. The number of nitrogens with zero attached hydrogens (tertiary/aromatic N) is 4. The van der Waals surface area contributed by atoms with Gasteiger partial charge in [-0.1, -0.05) is 53.3 Å². The van der Waals surface area contributed by atoms with E-state index in [1.54, 1.807) is 23.1 Å². The summed E-state index contributed by atoms with van der Waals surface area (Å²) in [7, 11) is 0. The first-order valence-electron chi connectivity index (χ1n) is 12.1. The van der Waals surface area contributed by atoms with Crippen molar-refractivity contribution < 1.29 is 14.7 Å². The number of aliphatic hydroxyl groups excluding tert-OH is 1. The van der Waals surface area contributed by atoms with E-state index < -0.39 is 0 Å². The topological polar surface area (TPSA) is 100 Å². The molecule has 0 radical (unpaired) electrons. The summed E-state index contributed by atoms with van der Waals surface area (Å²) in [5, 5.41) is 18.0. The van der Waals surface area contributed by atoms with Crippen molar-refractivity contribution in [3.8, 4) is 27.5 Å². The van der Waals surface area contributed by atoms with Crippen LogP contribution in [0.5, 0.6) is 0 Å². The van der Waals surface area contributed by atoms with E-state index in [-0.39, 0.29) is 25.0 Å². The summed E-state index contributed by atoms with van der Waals surface area (Å²) >= 11 is 8.20. The van der Waals surface area contributed by atoms with Gasteiger partial charge in [0.2, 0.25) is 5.91 Å². The lowest BCUT2D eigenvalue weighted by Gasteiger charge is -2.20. The maximum atomic E-state index is 12.9. The van der Waals surface area contributed by atoms with E-state index in [9.17, 15) is 14.7 Å². The van der Waals surface area contributed by atoms with Crippen LogP contribution in [0.2, 0.25) is 5.02 Å². The molecule has 8 nitrogen and oxygen atoms in total. The van der Waals surface area contributed by atoms with Crippen LogP contribution in [-0.4, -0.2) is 56.3 Å². The Morgan fingerprint density at radius 3 is 2.65 bits per heavy atom. The van der Waals surface area contributed by atoms with Crippen LogP contribution in [0.3, 0.4) is 0 Å². The molecule has 2 heterocycles. The fourth-order valence-corrected chi connectivity index (χ4v) is 5.97. The van der Waals surface area contributed by atoms with Gasteiger partial charge in [-0.3, -0.25) is 9.59 Å². The van der Waals surface area contributed by atoms with Crippen LogP contribution in [0.15, 0.2) is 48.5 Å². The number of likely N-dealkylation sites (N-methyl/N-ethyl adjacent to an activating group) is 1. The second-order valence-electron chi connectivity index (χ2n) is 8.70. The summed E-state index contributed by atoms with van der Waals surface area (Å²) in [5.41, 5.74) is 5.85. The molecule has 2 aromatic carbocycles. The second-order valence-corrected chi connectivity index (χ2v) is 10.1. The predicted molar refractivity (Wildman–Crippen MR) is 145 cm³/mol. The van der Waals surface area contributed by atoms with Crippen LogP contribution < -0.4 is 5.32 Å². The fraction of sp³-hybridized carbons (Fsp3) is 0.259. The zero-order chi connectivity index (χ0) is 26.1. The molecule has 2 N–H and O–H groups in total. The van der Waals surface area contributed by atoms with Crippen LogP contribution >= 0.6 is 22.9 Å². The molecule has 2 aromatic heterocycles. The van der Waals surface area contributed by atoms with Gasteiger partial charge in [-0.15, -0.1) is 0 Å². The summed E-state index contributed by atoms with van der Waals surface area (Å²) in [6.45, 7) is 3.97. The molecule has 190 valence electrons. The molecule has 0 spiro atoms. The summed E-state index contributed by atoms with van der Waals surface area (Å²) in [6.07, 6.45) is 1.49. The quantitative estimate of drug-likeness (QED) is 0.353. The molecule has 1 aliphatic carbocycles. The molecule has 5 rings (SSSR count). The van der Waals surface area contributed by atoms with Gasteiger partial charge in [0.1, 0.15) is 0 Å². The largest absolute Gasteiger partial charge is 0.395 e. The molecule has 0 saturated heterocycles. The summed E-state index contributed by atoms with van der Waals surface area (Å²) < 4.78 is 1.83. The fourth-order valence-electron chi connectivity index (χ4n) is 4.59. The third kappa shape index (κ3) is 4.77. The molecule has 2 amide bonds. The number of nitrogens with one attached hydrogen (secondary N) is 1. The molecule has 1 aliphatic rings. The number of halogens is 1. The third-order valence-corrected chi connectivity index (χ3v) is 7.62. The van der Waals surface area contributed by atoms with E-state index in [2.05, 4.69) is 10.3 Å². The first-order valence-corrected chi connectivity index (χ1v) is 13.3. The minimum Gasteiger partial charge on any atom is -0.395 e. The lowest BCUT2D eigenvalue weighted by atomic mass is 9.95. The van der Waals surface area contributed by atoms with Crippen LogP contribution in [-0.2, 0) is 17.6 Å². The number of benzene rings is 2. The molecule has 0 bridgehead atoms. The Hall–Kier alpha value is -3.53. The first kappa shape index (κ1) is 25.1. The Morgan fingerprint density at radius 1 is 1.19 bits per heavy atom. The minimum atomic E-state index is -0.192. The molecule has 0 unspecified atom stereocenters. The van der Waals surface area contributed by atoms with E-state index in [0.29, 0.717) is 27.9 Å². The average molecular weight is 536 g/mol. The third-order valence-electron chi connectivity index (χ3n) is 6.30. The van der Waals surface area contributed by atoms with Gasteiger partial charge in [-0.25, -0.2) is 9.67 Å². The van der Waals surface area contributed by atoms with E-state index in [1.807, 2.05) is 41.9 Å². The van der Waals surface area contributed by atoms with Gasteiger partial charge >= 0.3 is 0 Å². The summed E-state index contributed by atoms with van der Waals surface area (Å²) in [5.74, 6) is -0.363. The van der Waals surface area contributed by atoms with E-state index in [1.165, 1.54) is 18.3 Å². The zero-order valence-electron chi connectivity index (χ0n) is 20.5. The number of hydrogen-bond acceptors (Lipinski definition) is 6. The number of hydrogen-bond donors (Lipinski definition) is 2. The van der Waals surface area contributed by atoms with Crippen LogP contribution in [0.25, 0.3) is 27.5 Å². The summed E-state index contributed by atoms with van der Waals surface area (Å²) in [4.78, 5) is 31.8. The lowest BCUT2D eigenvalue weighted by molar-refractivity contribution is -0.114. The normalized spacial score (nSPS) is 12.1. The van der Waals surface area contributed by atoms with Crippen molar-refractivity contribution in [3.63, 3.8) is 0 Å². The molecule has 10 heteroatoms. The van der Waals surface area contributed by atoms with E-state index in [0.717, 1.165) is 45.9 Å². The maximum Gasteiger partial charge on any atom is 0.253 e. The number of aryl methyl sites for hydroxylation is 1. The highest BCUT2D eigenvalue weighted by atomic mass is 35.5. The van der Waals surface area contributed by atoms with E-state index >= 15 is 0 Å². The number of carbonyl (C=O) groups is 2. The van der Waals surface area contributed by atoms with Crippen LogP contribution in [0, 0.1) is 0 Å². The van der Waals surface area contributed by atoms with Gasteiger partial charge in [0.15, 0.2) is 5.13 Å². The Labute approximate surface area is 223 Å². The number of thiazole rings is 1. The molecular formula is C27H26ClN5O3S. The lowest BCUT2D eigenvalue weighted by Crippen LogP contribution is -2.33. The van der Waals surface area contributed by atoms with Gasteiger partial charge in [-0.2, -0.15) is 5.10 Å². The van der Waals surface area contributed by atoms with Crippen molar-refractivity contribution in [1.29, 1.82) is 0 Å². The number of anilines is 1. The predicted octanol–water partition coefficient (Wildman–Crippen LogP) is 4.83. The van der Waals surface area contributed by atoms with Gasteiger partial charge < -0.3 is 15.3 Å². The number of carbonyl (C=O) groups excluding carboxylic acids is 2.